The third kappa shape index (κ3) is 2.90. The van der Waals surface area contributed by atoms with E-state index in [9.17, 15) is 15.8 Å². The minimum atomic E-state index is -1.74. The number of hydrogen-bond acceptors (Lipinski definition) is 5. The standard InChI is InChI=1S/C25H23N5O/c1-3-30-11-10-18-19(12-26)24(29)25(14-27,15-28)23(20(18)13-30)22-17-7-5-4-6-16(17)8-9-21(22)31-2/h4-10,19-20,23,29H,3,11,13H2,1-2H3/p+1/t19?,20-,23+/m1/s1. The molecule has 4 rings (SSSR count). The molecule has 2 aromatic rings. The van der Waals surface area contributed by atoms with Crippen LogP contribution in [0.2, 0.25) is 0 Å². The summed E-state index contributed by atoms with van der Waals surface area (Å²) in [5.41, 5.74) is -0.220. The number of quaternary nitrogens is 1. The van der Waals surface area contributed by atoms with Crippen LogP contribution in [0.25, 0.3) is 10.8 Å². The smallest absolute Gasteiger partial charge is 0.190 e. The molecule has 6 heteroatoms. The first-order valence-corrected chi connectivity index (χ1v) is 10.5. The molecule has 0 saturated heterocycles. The van der Waals surface area contributed by atoms with Crippen molar-refractivity contribution in [3.8, 4) is 24.0 Å². The maximum Gasteiger partial charge on any atom is 0.190 e. The van der Waals surface area contributed by atoms with Crippen molar-refractivity contribution in [3.63, 3.8) is 0 Å². The van der Waals surface area contributed by atoms with E-state index in [1.807, 2.05) is 36.4 Å². The molecule has 0 radical (unpaired) electrons. The molecular weight excluding hydrogens is 386 g/mol. The van der Waals surface area contributed by atoms with Crippen LogP contribution in [0.5, 0.6) is 5.75 Å². The molecule has 2 aliphatic rings. The van der Waals surface area contributed by atoms with E-state index in [1.54, 1.807) is 7.11 Å². The minimum Gasteiger partial charge on any atom is -0.496 e. The van der Waals surface area contributed by atoms with E-state index in [0.29, 0.717) is 12.3 Å². The number of nitriles is 3. The number of methoxy groups -OCH3 is 1. The number of likely N-dealkylation sites (N-methyl/N-ethyl adjacent to an activating group) is 1. The van der Waals surface area contributed by atoms with Gasteiger partial charge in [-0.25, -0.2) is 0 Å². The van der Waals surface area contributed by atoms with Crippen LogP contribution in [0.1, 0.15) is 18.4 Å². The van der Waals surface area contributed by atoms with E-state index in [-0.39, 0.29) is 11.6 Å². The van der Waals surface area contributed by atoms with E-state index >= 15 is 0 Å². The van der Waals surface area contributed by atoms with Gasteiger partial charge in [-0.3, -0.25) is 0 Å². The third-order valence-corrected chi connectivity index (χ3v) is 6.92. The van der Waals surface area contributed by atoms with E-state index < -0.39 is 17.3 Å². The van der Waals surface area contributed by atoms with Gasteiger partial charge in [-0.2, -0.15) is 15.8 Å². The Balaban J connectivity index is 2.09. The molecule has 1 fully saturated rings. The maximum atomic E-state index is 10.3. The van der Waals surface area contributed by atoms with Crippen molar-refractivity contribution in [2.45, 2.75) is 12.8 Å². The fourth-order valence-corrected chi connectivity index (χ4v) is 5.34. The summed E-state index contributed by atoms with van der Waals surface area (Å²) >= 11 is 0. The molecule has 31 heavy (non-hydrogen) atoms. The quantitative estimate of drug-likeness (QED) is 0.758. The van der Waals surface area contributed by atoms with Crippen LogP contribution in [0.4, 0.5) is 0 Å². The number of rotatable bonds is 3. The van der Waals surface area contributed by atoms with Gasteiger partial charge in [0, 0.05) is 17.4 Å². The lowest BCUT2D eigenvalue weighted by Crippen LogP contribution is -3.13. The van der Waals surface area contributed by atoms with Gasteiger partial charge in [0.05, 0.1) is 50.7 Å². The molecule has 1 aliphatic carbocycles. The Morgan fingerprint density at radius 2 is 1.90 bits per heavy atom. The molecule has 1 aliphatic heterocycles. The molecule has 0 amide bonds. The lowest BCUT2D eigenvalue weighted by molar-refractivity contribution is -0.897. The molecule has 0 spiro atoms. The van der Waals surface area contributed by atoms with Crippen LogP contribution >= 0.6 is 0 Å². The van der Waals surface area contributed by atoms with Crippen molar-refractivity contribution >= 4 is 16.5 Å². The van der Waals surface area contributed by atoms with Gasteiger partial charge >= 0.3 is 0 Å². The monoisotopic (exact) mass is 410 g/mol. The predicted molar refractivity (Wildman–Crippen MR) is 117 cm³/mol. The van der Waals surface area contributed by atoms with Gasteiger partial charge in [-0.1, -0.05) is 30.3 Å². The van der Waals surface area contributed by atoms with Crippen molar-refractivity contribution in [3.05, 3.63) is 53.6 Å². The van der Waals surface area contributed by atoms with Crippen LogP contribution < -0.4 is 9.64 Å². The zero-order chi connectivity index (χ0) is 22.2. The van der Waals surface area contributed by atoms with Gasteiger partial charge in [-0.15, -0.1) is 0 Å². The highest BCUT2D eigenvalue weighted by molar-refractivity contribution is 6.02. The van der Waals surface area contributed by atoms with Gasteiger partial charge < -0.3 is 15.0 Å². The average molecular weight is 411 g/mol. The Hall–Kier alpha value is -3.66. The Kier molecular flexibility index (Phi) is 5.24. The molecule has 1 saturated carbocycles. The summed E-state index contributed by atoms with van der Waals surface area (Å²) in [6.45, 7) is 4.49. The zero-order valence-corrected chi connectivity index (χ0v) is 17.6. The summed E-state index contributed by atoms with van der Waals surface area (Å²) in [7, 11) is 1.58. The average Bonchev–Trinajstić information content (AvgIpc) is 2.82. The maximum absolute atomic E-state index is 10.3. The highest BCUT2D eigenvalue weighted by Crippen LogP contribution is 2.55. The van der Waals surface area contributed by atoms with Gasteiger partial charge in [-0.05, 0) is 35.4 Å². The second-order valence-corrected chi connectivity index (χ2v) is 8.21. The van der Waals surface area contributed by atoms with Gasteiger partial charge in [0.25, 0.3) is 0 Å². The lowest BCUT2D eigenvalue weighted by atomic mass is 9.54. The van der Waals surface area contributed by atoms with Crippen molar-refractivity contribution in [1.82, 2.24) is 0 Å². The number of nitrogens with zero attached hydrogens (tertiary/aromatic N) is 3. The Morgan fingerprint density at radius 3 is 2.55 bits per heavy atom. The molecule has 2 aromatic carbocycles. The Labute approximate surface area is 182 Å². The Bertz CT molecular complexity index is 1200. The molecule has 0 aromatic heterocycles. The minimum absolute atomic E-state index is 0.123. The summed E-state index contributed by atoms with van der Waals surface area (Å²) in [6, 6.07) is 18.3. The van der Waals surface area contributed by atoms with Gasteiger partial charge in [0.1, 0.15) is 11.7 Å². The van der Waals surface area contributed by atoms with E-state index in [1.165, 1.54) is 4.90 Å². The zero-order valence-electron chi connectivity index (χ0n) is 17.6. The second-order valence-electron chi connectivity index (χ2n) is 8.21. The van der Waals surface area contributed by atoms with Crippen molar-refractivity contribution in [2.75, 3.05) is 26.7 Å². The molecule has 2 unspecified atom stereocenters. The SMILES string of the molecule is CC[NH+]1CC=C2C(C#N)C(=N)C(C#N)(C#N)[C@H](c3c(OC)ccc4ccccc34)[C@@H]2C1. The van der Waals surface area contributed by atoms with Crippen LogP contribution in [-0.2, 0) is 0 Å². The fourth-order valence-electron chi connectivity index (χ4n) is 5.34. The third-order valence-electron chi connectivity index (χ3n) is 6.92. The molecule has 154 valence electrons. The molecule has 1 heterocycles. The largest absolute Gasteiger partial charge is 0.496 e. The first-order chi connectivity index (χ1) is 15.1. The normalized spacial score (nSPS) is 26.7. The molecule has 2 N–H and O–H groups in total. The van der Waals surface area contributed by atoms with Crippen molar-refractivity contribution < 1.29 is 9.64 Å². The van der Waals surface area contributed by atoms with Gasteiger partial charge in [0.15, 0.2) is 5.41 Å². The predicted octanol–water partition coefficient (Wildman–Crippen LogP) is 2.60. The topological polar surface area (TPSA) is 109 Å². The first kappa shape index (κ1) is 20.6. The van der Waals surface area contributed by atoms with E-state index in [0.717, 1.165) is 35.0 Å². The van der Waals surface area contributed by atoms with Crippen LogP contribution in [0, 0.1) is 56.7 Å². The molecular formula is C25H24N5O+. The number of ether oxygens (including phenoxy) is 1. The van der Waals surface area contributed by atoms with E-state index in [4.69, 9.17) is 10.1 Å². The number of fused-ring (bicyclic) bond motifs is 2. The summed E-state index contributed by atoms with van der Waals surface area (Å²) in [5, 5.41) is 41.2. The summed E-state index contributed by atoms with van der Waals surface area (Å²) < 4.78 is 5.73. The van der Waals surface area contributed by atoms with Crippen LogP contribution in [-0.4, -0.2) is 32.5 Å². The van der Waals surface area contributed by atoms with Crippen molar-refractivity contribution in [2.24, 2.45) is 17.3 Å². The first-order valence-electron chi connectivity index (χ1n) is 10.5. The second kappa shape index (κ2) is 7.88. The lowest BCUT2D eigenvalue weighted by Gasteiger charge is -2.46. The number of benzene rings is 2. The number of hydrogen-bond donors (Lipinski definition) is 2. The highest BCUT2D eigenvalue weighted by atomic mass is 16.5. The summed E-state index contributed by atoms with van der Waals surface area (Å²) in [4.78, 5) is 1.33. The molecule has 0 bridgehead atoms. The van der Waals surface area contributed by atoms with Crippen molar-refractivity contribution in [1.29, 1.82) is 21.2 Å². The fraction of sp³-hybridized carbons (Fsp3) is 0.360. The molecule has 6 nitrogen and oxygen atoms in total. The summed E-state index contributed by atoms with van der Waals surface area (Å²) in [5.74, 6) is -1.06. The van der Waals surface area contributed by atoms with Gasteiger partial charge in [0.2, 0.25) is 0 Å². The van der Waals surface area contributed by atoms with Crippen LogP contribution in [0.3, 0.4) is 0 Å². The van der Waals surface area contributed by atoms with Crippen LogP contribution in [0.15, 0.2) is 48.0 Å². The Morgan fingerprint density at radius 1 is 1.16 bits per heavy atom. The molecule has 4 atom stereocenters. The van der Waals surface area contributed by atoms with E-state index in [2.05, 4.69) is 31.2 Å². The highest BCUT2D eigenvalue weighted by Gasteiger charge is 2.59. The summed E-state index contributed by atoms with van der Waals surface area (Å²) in [6.07, 6.45) is 2.05. The number of nitrogens with one attached hydrogen (secondary N) is 2.